The zero-order valence-electron chi connectivity index (χ0n) is 20.5. The van der Waals surface area contributed by atoms with E-state index in [4.69, 9.17) is 9.47 Å². The molecule has 0 radical (unpaired) electrons. The van der Waals surface area contributed by atoms with E-state index in [1.165, 1.54) is 57.8 Å². The van der Waals surface area contributed by atoms with Gasteiger partial charge in [0.1, 0.15) is 36.3 Å². The van der Waals surface area contributed by atoms with Crippen LogP contribution in [0.2, 0.25) is 0 Å². The Bertz CT molecular complexity index is 513. The molecule has 6 N–H and O–H groups in total. The van der Waals surface area contributed by atoms with Gasteiger partial charge in [-0.2, -0.15) is 0 Å². The monoisotopic (exact) mass is 476 g/mol. The second-order valence-electron chi connectivity index (χ2n) is 9.41. The van der Waals surface area contributed by atoms with Gasteiger partial charge in [0.2, 0.25) is 0 Å². The van der Waals surface area contributed by atoms with Gasteiger partial charge in [0.15, 0.2) is 6.29 Å². The lowest BCUT2D eigenvalue weighted by molar-refractivity contribution is -0.303. The largest absolute Gasteiger partial charge is 0.510 e. The molecular formula is C25H48O8. The predicted octanol–water partition coefficient (Wildman–Crippen LogP) is 2.94. The third kappa shape index (κ3) is 11.5. The SMILES string of the molecule is CCCCCCCCCCCCC/C=C(\O)[C@@H](O)[C@@H](C)CO[C@H]1O[C@H](CO)[C@@H](O)[C@H](O)[C@H]1O. The Labute approximate surface area is 199 Å². The highest BCUT2D eigenvalue weighted by Gasteiger charge is 2.44. The minimum absolute atomic E-state index is 0.0554. The van der Waals surface area contributed by atoms with Crippen LogP contribution in [0.5, 0.6) is 0 Å². The molecule has 1 heterocycles. The van der Waals surface area contributed by atoms with Crippen LogP contribution in [0.3, 0.4) is 0 Å². The minimum atomic E-state index is -1.51. The highest BCUT2D eigenvalue weighted by atomic mass is 16.7. The van der Waals surface area contributed by atoms with Crippen molar-refractivity contribution in [3.8, 4) is 0 Å². The molecule has 0 aliphatic carbocycles. The first-order valence-electron chi connectivity index (χ1n) is 12.8. The number of hydrogen-bond acceptors (Lipinski definition) is 8. The van der Waals surface area contributed by atoms with Gasteiger partial charge < -0.3 is 40.1 Å². The third-order valence-electron chi connectivity index (χ3n) is 6.38. The first-order valence-corrected chi connectivity index (χ1v) is 12.8. The Morgan fingerprint density at radius 1 is 0.879 bits per heavy atom. The number of rotatable bonds is 18. The molecule has 33 heavy (non-hydrogen) atoms. The number of aliphatic hydroxyl groups excluding tert-OH is 6. The van der Waals surface area contributed by atoms with Gasteiger partial charge >= 0.3 is 0 Å². The van der Waals surface area contributed by atoms with Gasteiger partial charge in [-0.3, -0.25) is 0 Å². The Morgan fingerprint density at radius 2 is 1.42 bits per heavy atom. The highest BCUT2D eigenvalue weighted by molar-refractivity contribution is 4.99. The van der Waals surface area contributed by atoms with E-state index < -0.39 is 49.3 Å². The Balaban J connectivity index is 2.19. The molecule has 0 amide bonds. The first-order chi connectivity index (χ1) is 15.8. The average molecular weight is 477 g/mol. The summed E-state index contributed by atoms with van der Waals surface area (Å²) in [6, 6.07) is 0. The van der Waals surface area contributed by atoms with Crippen LogP contribution in [-0.4, -0.2) is 80.7 Å². The fourth-order valence-corrected chi connectivity index (χ4v) is 4.01. The molecule has 1 saturated heterocycles. The van der Waals surface area contributed by atoms with Gasteiger partial charge in [-0.25, -0.2) is 0 Å². The van der Waals surface area contributed by atoms with Gasteiger partial charge in [0.25, 0.3) is 0 Å². The molecular weight excluding hydrogens is 428 g/mol. The predicted molar refractivity (Wildman–Crippen MR) is 127 cm³/mol. The van der Waals surface area contributed by atoms with Gasteiger partial charge in [-0.15, -0.1) is 0 Å². The molecule has 0 spiro atoms. The molecule has 7 atom stereocenters. The summed E-state index contributed by atoms with van der Waals surface area (Å²) in [4.78, 5) is 0. The van der Waals surface area contributed by atoms with E-state index in [9.17, 15) is 30.6 Å². The van der Waals surface area contributed by atoms with Crippen molar-refractivity contribution in [1.29, 1.82) is 0 Å². The lowest BCUT2D eigenvalue weighted by Gasteiger charge is -2.40. The van der Waals surface area contributed by atoms with Crippen molar-refractivity contribution in [2.24, 2.45) is 5.92 Å². The Hall–Kier alpha value is -0.740. The van der Waals surface area contributed by atoms with Crippen LogP contribution in [-0.2, 0) is 9.47 Å². The molecule has 0 aromatic carbocycles. The van der Waals surface area contributed by atoms with E-state index in [0.29, 0.717) is 6.42 Å². The molecule has 1 fully saturated rings. The molecule has 0 unspecified atom stereocenters. The summed E-state index contributed by atoms with van der Waals surface area (Å²) in [6.45, 7) is 3.32. The summed E-state index contributed by atoms with van der Waals surface area (Å²) in [7, 11) is 0. The van der Waals surface area contributed by atoms with Crippen LogP contribution in [0.15, 0.2) is 11.8 Å². The number of allylic oxidation sites excluding steroid dienone is 1. The summed E-state index contributed by atoms with van der Waals surface area (Å²) in [5.74, 6) is -0.599. The third-order valence-corrected chi connectivity index (χ3v) is 6.38. The fraction of sp³-hybridized carbons (Fsp3) is 0.920. The molecule has 0 saturated carbocycles. The number of hydrogen-bond donors (Lipinski definition) is 6. The summed E-state index contributed by atoms with van der Waals surface area (Å²) in [5, 5.41) is 59.3. The van der Waals surface area contributed by atoms with Crippen molar-refractivity contribution < 1.29 is 40.1 Å². The van der Waals surface area contributed by atoms with Crippen molar-refractivity contribution in [2.75, 3.05) is 13.2 Å². The topological polar surface area (TPSA) is 140 Å². The van der Waals surface area contributed by atoms with Gasteiger partial charge in [0, 0.05) is 5.92 Å². The Kier molecular flexibility index (Phi) is 16.2. The summed E-state index contributed by atoms with van der Waals surface area (Å²) in [5.41, 5.74) is 0. The van der Waals surface area contributed by atoms with Crippen LogP contribution in [0, 0.1) is 5.92 Å². The summed E-state index contributed by atoms with van der Waals surface area (Å²) < 4.78 is 10.7. The van der Waals surface area contributed by atoms with E-state index in [-0.39, 0.29) is 12.4 Å². The van der Waals surface area contributed by atoms with E-state index >= 15 is 0 Å². The maximum atomic E-state index is 10.3. The van der Waals surface area contributed by atoms with Crippen LogP contribution in [0.25, 0.3) is 0 Å². The standard InChI is InChI=1S/C25H48O8/c1-3-4-5-6-7-8-9-10-11-12-13-14-15-19(27)21(28)18(2)17-32-25-24(31)23(30)22(29)20(16-26)33-25/h15,18,20-31H,3-14,16-17H2,1-2H3/b19-15-/t18-,20+,21-,22+,23-,24+,25-/m0/s1. The van der Waals surface area contributed by atoms with Crippen molar-refractivity contribution in [3.63, 3.8) is 0 Å². The second-order valence-corrected chi connectivity index (χ2v) is 9.41. The quantitative estimate of drug-likeness (QED) is 0.131. The molecule has 1 aliphatic heterocycles. The zero-order valence-corrected chi connectivity index (χ0v) is 20.5. The fourth-order valence-electron chi connectivity index (χ4n) is 4.01. The van der Waals surface area contributed by atoms with E-state index in [1.54, 1.807) is 13.0 Å². The second kappa shape index (κ2) is 17.7. The molecule has 1 aliphatic rings. The van der Waals surface area contributed by atoms with Crippen molar-refractivity contribution in [2.45, 2.75) is 128 Å². The highest BCUT2D eigenvalue weighted by Crippen LogP contribution is 2.23. The molecule has 8 nitrogen and oxygen atoms in total. The lowest BCUT2D eigenvalue weighted by atomic mass is 9.99. The normalized spacial score (nSPS) is 28.1. The van der Waals surface area contributed by atoms with Crippen molar-refractivity contribution >= 4 is 0 Å². The van der Waals surface area contributed by atoms with E-state index in [1.807, 2.05) is 0 Å². The van der Waals surface area contributed by atoms with E-state index in [0.717, 1.165) is 12.8 Å². The first kappa shape index (κ1) is 30.3. The molecule has 0 aromatic heterocycles. The minimum Gasteiger partial charge on any atom is -0.510 e. The molecule has 0 bridgehead atoms. The molecule has 0 aromatic rings. The van der Waals surface area contributed by atoms with E-state index in [2.05, 4.69) is 6.92 Å². The molecule has 1 rings (SSSR count). The lowest BCUT2D eigenvalue weighted by Crippen LogP contribution is -2.59. The van der Waals surface area contributed by atoms with Gasteiger partial charge in [0.05, 0.1) is 13.2 Å². The van der Waals surface area contributed by atoms with Gasteiger partial charge in [-0.1, -0.05) is 78.1 Å². The summed E-state index contributed by atoms with van der Waals surface area (Å²) >= 11 is 0. The smallest absolute Gasteiger partial charge is 0.186 e. The Morgan fingerprint density at radius 3 is 1.97 bits per heavy atom. The van der Waals surface area contributed by atoms with Crippen LogP contribution >= 0.6 is 0 Å². The number of ether oxygens (including phenoxy) is 2. The number of unbranched alkanes of at least 4 members (excludes halogenated alkanes) is 11. The molecule has 196 valence electrons. The maximum Gasteiger partial charge on any atom is 0.186 e. The van der Waals surface area contributed by atoms with Gasteiger partial charge in [-0.05, 0) is 18.9 Å². The number of aliphatic hydroxyl groups is 6. The van der Waals surface area contributed by atoms with Crippen LogP contribution < -0.4 is 0 Å². The van der Waals surface area contributed by atoms with Crippen molar-refractivity contribution in [3.05, 3.63) is 11.8 Å². The average Bonchev–Trinajstić information content (AvgIpc) is 2.82. The van der Waals surface area contributed by atoms with Crippen LogP contribution in [0.1, 0.15) is 90.9 Å². The van der Waals surface area contributed by atoms with Crippen molar-refractivity contribution in [1.82, 2.24) is 0 Å². The molecule has 8 heteroatoms. The maximum absolute atomic E-state index is 10.3. The summed E-state index contributed by atoms with van der Waals surface area (Å²) in [6.07, 6.45) is 8.26. The van der Waals surface area contributed by atoms with Crippen LogP contribution in [0.4, 0.5) is 0 Å². The zero-order chi connectivity index (χ0) is 24.6.